The summed E-state index contributed by atoms with van der Waals surface area (Å²) >= 11 is 1.48. The van der Waals surface area contributed by atoms with Crippen molar-refractivity contribution in [3.05, 3.63) is 0 Å². The van der Waals surface area contributed by atoms with Gasteiger partial charge in [0.1, 0.15) is 0 Å². The van der Waals surface area contributed by atoms with Crippen LogP contribution in [0.4, 0.5) is 0 Å². The Morgan fingerprint density at radius 3 is 3.08 bits per heavy atom. The van der Waals surface area contributed by atoms with Gasteiger partial charge in [0.05, 0.1) is 12.3 Å². The second-order valence-corrected chi connectivity index (χ2v) is 3.46. The minimum Gasteiger partial charge on any atom is -0.353 e. The number of amides is 2. The molecule has 12 heavy (non-hydrogen) atoms. The van der Waals surface area contributed by atoms with Gasteiger partial charge in [0.25, 0.3) is 0 Å². The van der Waals surface area contributed by atoms with E-state index in [9.17, 15) is 9.59 Å². The number of nitrogens with one attached hydrogen (secondary N) is 1. The van der Waals surface area contributed by atoms with Crippen molar-refractivity contribution < 1.29 is 9.59 Å². The lowest BCUT2D eigenvalue weighted by molar-refractivity contribution is -0.136. The fourth-order valence-corrected chi connectivity index (χ4v) is 1.50. The Labute approximate surface area is 75.7 Å². The minimum absolute atomic E-state index is 0.0531. The van der Waals surface area contributed by atoms with Gasteiger partial charge in [-0.3, -0.25) is 9.59 Å². The zero-order valence-corrected chi connectivity index (χ0v) is 7.82. The van der Waals surface area contributed by atoms with Crippen LogP contribution in [0, 0.1) is 0 Å². The minimum atomic E-state index is -0.0595. The summed E-state index contributed by atoms with van der Waals surface area (Å²) in [6.45, 7) is 1.45. The van der Waals surface area contributed by atoms with Crippen molar-refractivity contribution in [2.75, 3.05) is 31.6 Å². The summed E-state index contributed by atoms with van der Waals surface area (Å²) in [5, 5.41) is 2.67. The van der Waals surface area contributed by atoms with Crippen LogP contribution in [0.1, 0.15) is 0 Å². The van der Waals surface area contributed by atoms with E-state index in [2.05, 4.69) is 5.32 Å². The first-order chi connectivity index (χ1) is 5.74. The third-order valence-electron chi connectivity index (χ3n) is 1.66. The molecule has 4 nitrogen and oxygen atoms in total. The molecule has 0 saturated carbocycles. The van der Waals surface area contributed by atoms with Gasteiger partial charge in [-0.2, -0.15) is 11.8 Å². The van der Waals surface area contributed by atoms with Crippen LogP contribution >= 0.6 is 11.8 Å². The maximum absolute atomic E-state index is 11.3. The number of hydrogen-bond donors (Lipinski definition) is 1. The maximum Gasteiger partial charge on any atom is 0.239 e. The smallest absolute Gasteiger partial charge is 0.239 e. The van der Waals surface area contributed by atoms with Gasteiger partial charge < -0.3 is 10.2 Å². The number of nitrogens with zero attached hydrogens (tertiary/aromatic N) is 1. The molecular formula is C7H12N2O2S. The van der Waals surface area contributed by atoms with Crippen molar-refractivity contribution in [2.24, 2.45) is 0 Å². The number of piperazine rings is 1. The van der Waals surface area contributed by atoms with Crippen molar-refractivity contribution in [1.29, 1.82) is 0 Å². The molecule has 1 aliphatic rings. The molecule has 0 bridgehead atoms. The van der Waals surface area contributed by atoms with E-state index in [-0.39, 0.29) is 18.4 Å². The highest BCUT2D eigenvalue weighted by atomic mass is 32.2. The van der Waals surface area contributed by atoms with Gasteiger partial charge in [-0.05, 0) is 6.26 Å². The Morgan fingerprint density at radius 2 is 2.50 bits per heavy atom. The van der Waals surface area contributed by atoms with Crippen LogP contribution in [0.5, 0.6) is 0 Å². The summed E-state index contributed by atoms with van der Waals surface area (Å²) < 4.78 is 0. The van der Waals surface area contributed by atoms with Gasteiger partial charge >= 0.3 is 0 Å². The molecule has 5 heteroatoms. The van der Waals surface area contributed by atoms with Crippen molar-refractivity contribution in [1.82, 2.24) is 10.2 Å². The van der Waals surface area contributed by atoms with Crippen LogP contribution in [0.15, 0.2) is 0 Å². The molecule has 1 aliphatic heterocycles. The van der Waals surface area contributed by atoms with E-state index in [1.165, 1.54) is 11.8 Å². The topological polar surface area (TPSA) is 49.4 Å². The van der Waals surface area contributed by atoms with Gasteiger partial charge in [0.15, 0.2) is 0 Å². The van der Waals surface area contributed by atoms with Gasteiger partial charge in [-0.15, -0.1) is 0 Å². The largest absolute Gasteiger partial charge is 0.353 e. The predicted octanol–water partition coefficient (Wildman–Crippen LogP) is -0.692. The first-order valence-corrected chi connectivity index (χ1v) is 5.17. The number of rotatable bonds is 2. The summed E-state index contributed by atoms with van der Waals surface area (Å²) in [4.78, 5) is 23.7. The molecule has 1 heterocycles. The van der Waals surface area contributed by atoms with Gasteiger partial charge in [0, 0.05) is 13.1 Å². The number of carbonyl (C=O) groups is 2. The SMILES string of the molecule is CSCC(=O)N1CCNC(=O)C1. The molecule has 2 amide bonds. The second-order valence-electron chi connectivity index (χ2n) is 2.60. The van der Waals surface area contributed by atoms with Crippen LogP contribution in [-0.4, -0.2) is 48.4 Å². The Morgan fingerprint density at radius 1 is 1.75 bits per heavy atom. The molecule has 0 aromatic rings. The van der Waals surface area contributed by atoms with Crippen LogP contribution < -0.4 is 5.32 Å². The lowest BCUT2D eigenvalue weighted by Crippen LogP contribution is -2.50. The van der Waals surface area contributed by atoms with Crippen molar-refractivity contribution in [2.45, 2.75) is 0 Å². The van der Waals surface area contributed by atoms with Gasteiger partial charge in [-0.25, -0.2) is 0 Å². The average Bonchev–Trinajstić information content (AvgIpc) is 2.05. The van der Waals surface area contributed by atoms with E-state index < -0.39 is 0 Å². The lowest BCUT2D eigenvalue weighted by atomic mass is 10.3. The Bertz CT molecular complexity index is 196. The summed E-state index contributed by atoms with van der Waals surface area (Å²) in [5.74, 6) is 0.459. The van der Waals surface area contributed by atoms with E-state index in [1.54, 1.807) is 4.90 Å². The highest BCUT2D eigenvalue weighted by Crippen LogP contribution is 1.99. The van der Waals surface area contributed by atoms with Gasteiger partial charge in [0.2, 0.25) is 11.8 Å². The third kappa shape index (κ3) is 2.41. The zero-order chi connectivity index (χ0) is 8.97. The summed E-state index contributed by atoms with van der Waals surface area (Å²) in [5.41, 5.74) is 0. The van der Waals surface area contributed by atoms with Crippen LogP contribution in [0.3, 0.4) is 0 Å². The summed E-state index contributed by atoms with van der Waals surface area (Å²) in [6.07, 6.45) is 1.88. The predicted molar refractivity (Wildman–Crippen MR) is 48.0 cm³/mol. The standard InChI is InChI=1S/C7H12N2O2S/c1-12-5-7(11)9-3-2-8-6(10)4-9/h2-5H2,1H3,(H,8,10). The molecule has 0 unspecified atom stereocenters. The van der Waals surface area contributed by atoms with E-state index in [0.717, 1.165) is 0 Å². The average molecular weight is 188 g/mol. The third-order valence-corrected chi connectivity index (χ3v) is 2.19. The Hall–Kier alpha value is -0.710. The molecule has 1 fully saturated rings. The summed E-state index contributed by atoms with van der Waals surface area (Å²) in [6, 6.07) is 0. The molecule has 0 radical (unpaired) electrons. The number of hydrogen-bond acceptors (Lipinski definition) is 3. The fourth-order valence-electron chi connectivity index (χ4n) is 1.07. The molecule has 1 N–H and O–H groups in total. The quantitative estimate of drug-likeness (QED) is 0.624. The molecule has 1 saturated heterocycles. The fraction of sp³-hybridized carbons (Fsp3) is 0.714. The van der Waals surface area contributed by atoms with Gasteiger partial charge in [-0.1, -0.05) is 0 Å². The summed E-state index contributed by atoms with van der Waals surface area (Å²) in [7, 11) is 0. The zero-order valence-electron chi connectivity index (χ0n) is 7.00. The first kappa shape index (κ1) is 9.38. The Balaban J connectivity index is 2.40. The van der Waals surface area contributed by atoms with E-state index in [1.807, 2.05) is 6.26 Å². The molecule has 0 atom stereocenters. The molecule has 0 aromatic heterocycles. The van der Waals surface area contributed by atoms with Crippen LogP contribution in [-0.2, 0) is 9.59 Å². The highest BCUT2D eigenvalue weighted by molar-refractivity contribution is 7.99. The number of thioether (sulfide) groups is 1. The van der Waals surface area contributed by atoms with Crippen molar-refractivity contribution in [3.8, 4) is 0 Å². The highest BCUT2D eigenvalue weighted by Gasteiger charge is 2.19. The van der Waals surface area contributed by atoms with E-state index >= 15 is 0 Å². The second kappa shape index (κ2) is 4.35. The van der Waals surface area contributed by atoms with Crippen molar-refractivity contribution >= 4 is 23.6 Å². The van der Waals surface area contributed by atoms with E-state index in [4.69, 9.17) is 0 Å². The Kier molecular flexibility index (Phi) is 3.40. The first-order valence-electron chi connectivity index (χ1n) is 3.77. The lowest BCUT2D eigenvalue weighted by Gasteiger charge is -2.26. The molecule has 0 aliphatic carbocycles. The molecule has 0 spiro atoms. The maximum atomic E-state index is 11.3. The molecule has 68 valence electrons. The van der Waals surface area contributed by atoms with Crippen LogP contribution in [0.2, 0.25) is 0 Å². The molecule has 0 aromatic carbocycles. The number of carbonyl (C=O) groups excluding carboxylic acids is 2. The van der Waals surface area contributed by atoms with Crippen LogP contribution in [0.25, 0.3) is 0 Å². The normalized spacial score (nSPS) is 17.4. The monoisotopic (exact) mass is 188 g/mol. The molecule has 1 rings (SSSR count). The van der Waals surface area contributed by atoms with E-state index in [0.29, 0.717) is 18.8 Å². The van der Waals surface area contributed by atoms with Crippen molar-refractivity contribution in [3.63, 3.8) is 0 Å². The molecular weight excluding hydrogens is 176 g/mol.